The van der Waals surface area contributed by atoms with Crippen molar-refractivity contribution in [3.05, 3.63) is 105 Å². The Balaban J connectivity index is 0.913. The number of hydrogen-bond acceptors (Lipinski definition) is 22. The van der Waals surface area contributed by atoms with E-state index in [2.05, 4.69) is 15.0 Å². The number of esters is 1. The molecule has 30 heteroatoms. The molecule has 3 fully saturated rings. The van der Waals surface area contributed by atoms with Gasteiger partial charge in [-0.1, -0.05) is 12.1 Å². The second-order valence-corrected chi connectivity index (χ2v) is 21.3. The number of imidazole rings is 1. The maximum absolute atomic E-state index is 16.5. The maximum Gasteiger partial charge on any atom is 0.472 e. The van der Waals surface area contributed by atoms with Gasteiger partial charge in [-0.2, -0.15) is 0 Å². The average molecular weight is 1070 g/mol. The SMILES string of the molecule is Nc1ncnc2c1ncn2[C@@H]1O[C@@H]2COP(=O)(SCc3ccc(OC(=O)c4ccc(OCCOCCOCCOCCCO)cc4)cc3)O[C@H]3[C@@H](F)[C@H](n4ccc(=O)[nH]c4=O)O[C@@H]3COP(=O)(O)O[C@H]2[C@H]1F. The van der Waals surface area contributed by atoms with Crippen LogP contribution < -0.4 is 26.5 Å². The van der Waals surface area contributed by atoms with Gasteiger partial charge in [-0.15, -0.1) is 0 Å². The van der Waals surface area contributed by atoms with E-state index in [1.807, 2.05) is 4.98 Å². The van der Waals surface area contributed by atoms with Crippen molar-refractivity contribution in [2.75, 3.05) is 71.8 Å². The van der Waals surface area contributed by atoms with E-state index in [1.165, 1.54) is 24.3 Å². The Morgan fingerprint density at radius 2 is 1.43 bits per heavy atom. The summed E-state index contributed by atoms with van der Waals surface area (Å²) in [6.07, 6.45) is -11.3. The monoisotopic (exact) mass is 1070 g/mol. The van der Waals surface area contributed by atoms with Crippen LogP contribution in [0, 0.1) is 0 Å². The molecule has 8 rings (SSSR count). The Labute approximate surface area is 411 Å². The zero-order valence-electron chi connectivity index (χ0n) is 37.8. The van der Waals surface area contributed by atoms with Gasteiger partial charge in [0.15, 0.2) is 36.3 Å². The molecule has 5 aromatic rings. The normalized spacial score (nSPS) is 27.7. The van der Waals surface area contributed by atoms with Crippen molar-refractivity contribution in [3.8, 4) is 11.5 Å². The molecule has 390 valence electrons. The fraction of sp³-hybridized carbons (Fsp3) is 0.476. The smallest absolute Gasteiger partial charge is 0.472 e. The number of aliphatic hydroxyl groups excluding tert-OH is 1. The second-order valence-electron chi connectivity index (χ2n) is 15.9. The van der Waals surface area contributed by atoms with Crippen LogP contribution in [0.3, 0.4) is 0 Å². The van der Waals surface area contributed by atoms with Crippen LogP contribution >= 0.6 is 26.0 Å². The van der Waals surface area contributed by atoms with E-state index in [1.54, 1.807) is 24.3 Å². The quantitative estimate of drug-likeness (QED) is 0.0375. The number of phosphoric acid groups is 1. The highest BCUT2D eigenvalue weighted by Crippen LogP contribution is 2.65. The lowest BCUT2D eigenvalue weighted by Crippen LogP contribution is -2.38. The number of nitrogens with zero attached hydrogens (tertiary/aromatic N) is 5. The number of alkyl halides is 2. The molecule has 2 unspecified atom stereocenters. The van der Waals surface area contributed by atoms with Crippen molar-refractivity contribution in [1.82, 2.24) is 29.1 Å². The topological polar surface area (TPSA) is 318 Å². The molecule has 0 radical (unpaired) electrons. The number of H-pyrrole nitrogens is 1. The summed E-state index contributed by atoms with van der Waals surface area (Å²) in [7, 11) is -5.26. The van der Waals surface area contributed by atoms with Gasteiger partial charge in [-0.05, 0) is 59.8 Å². The van der Waals surface area contributed by atoms with Gasteiger partial charge in [0, 0.05) is 31.2 Å². The highest BCUT2D eigenvalue weighted by atomic mass is 32.7. The highest BCUT2D eigenvalue weighted by Gasteiger charge is 2.55. The molecule has 25 nitrogen and oxygen atoms in total. The standard InChI is InChI=1S/C42H49F2N7O18P2S/c43-32-35-30(67-40(32)51-24-48-34-37(45)46-23-47-38(34)51)21-64-71(58,69-36-29(20-63-70(56,57)68-35)66-39(33(36)44)50-11-10-31(53)49-42(50)55)72-22-25-2-6-28(7-3-25)65-41(54)26-4-8-27(9-5-26)62-19-18-61-17-16-60-15-14-59-13-1-12-52/h2-11,23-24,29-30,32-33,35-36,39-40,52H,1,12-22H2,(H,56,57)(H2,45,46,47)(H,49,53,55)/t29-,30-,32-,33-,35-,36-,39-,40-,71?/m1/s1. The van der Waals surface area contributed by atoms with Crippen molar-refractivity contribution < 1.29 is 84.0 Å². The van der Waals surface area contributed by atoms with Crippen LogP contribution in [-0.2, 0) is 56.7 Å². The van der Waals surface area contributed by atoms with Gasteiger partial charge in [0.2, 0.25) is 0 Å². The number of fused-ring (bicyclic) bond motifs is 3. The summed E-state index contributed by atoms with van der Waals surface area (Å²) in [6.45, 7) is -3.75. The first-order valence-corrected chi connectivity index (χ1v) is 26.8. The molecule has 3 saturated heterocycles. The number of nitrogens with two attached hydrogens (primary N) is 1. The first-order chi connectivity index (χ1) is 34.7. The van der Waals surface area contributed by atoms with Gasteiger partial charge >= 0.3 is 26.3 Å². The van der Waals surface area contributed by atoms with Crippen LogP contribution in [0.25, 0.3) is 11.2 Å². The number of ether oxygens (including phenoxy) is 7. The highest BCUT2D eigenvalue weighted by molar-refractivity contribution is 8.54. The Bertz CT molecular complexity index is 2830. The number of nitrogen functional groups attached to an aromatic ring is 1. The van der Waals surface area contributed by atoms with Gasteiger partial charge in [0.1, 0.15) is 54.4 Å². The molecule has 0 amide bonds. The number of rotatable bonds is 20. The Hall–Kier alpha value is -5.03. The molecule has 0 aliphatic carbocycles. The van der Waals surface area contributed by atoms with Crippen molar-refractivity contribution in [2.24, 2.45) is 0 Å². The molecule has 0 spiro atoms. The van der Waals surface area contributed by atoms with Crippen LogP contribution in [0.2, 0.25) is 0 Å². The molecule has 10 atom stereocenters. The number of halogens is 2. The van der Waals surface area contributed by atoms with Crippen LogP contribution in [-0.4, -0.2) is 148 Å². The largest absolute Gasteiger partial charge is 0.491 e. The lowest BCUT2D eigenvalue weighted by Gasteiger charge is -2.29. The number of carbonyl (C=O) groups is 1. The van der Waals surface area contributed by atoms with E-state index < -0.39 is 94.3 Å². The number of aliphatic hydroxyl groups is 1. The lowest BCUT2D eigenvalue weighted by molar-refractivity contribution is -0.0619. The van der Waals surface area contributed by atoms with Crippen LogP contribution in [0.1, 0.15) is 34.8 Å². The third kappa shape index (κ3) is 13.4. The number of benzene rings is 2. The summed E-state index contributed by atoms with van der Waals surface area (Å²) >= 11 is 0.574. The summed E-state index contributed by atoms with van der Waals surface area (Å²) in [6, 6.07) is 13.3. The van der Waals surface area contributed by atoms with Gasteiger partial charge < -0.3 is 48.9 Å². The van der Waals surface area contributed by atoms with Gasteiger partial charge in [-0.3, -0.25) is 37.0 Å². The summed E-state index contributed by atoms with van der Waals surface area (Å²) in [5.74, 6) is -0.182. The van der Waals surface area contributed by atoms with Gasteiger partial charge in [0.25, 0.3) is 5.56 Å². The zero-order valence-corrected chi connectivity index (χ0v) is 40.4. The Morgan fingerprint density at radius 1 is 0.806 bits per heavy atom. The minimum Gasteiger partial charge on any atom is -0.491 e. The third-order valence-electron chi connectivity index (χ3n) is 10.9. The van der Waals surface area contributed by atoms with E-state index in [-0.39, 0.29) is 47.3 Å². The fourth-order valence-electron chi connectivity index (χ4n) is 7.39. The molecular weight excluding hydrogens is 1020 g/mol. The first kappa shape index (κ1) is 53.3. The van der Waals surface area contributed by atoms with E-state index in [9.17, 15) is 28.4 Å². The van der Waals surface area contributed by atoms with Crippen LogP contribution in [0.15, 0.2) is 83.0 Å². The molecule has 2 aromatic carbocycles. The second kappa shape index (κ2) is 24.3. The molecule has 72 heavy (non-hydrogen) atoms. The molecule has 0 saturated carbocycles. The molecule has 0 bridgehead atoms. The predicted octanol–water partition coefficient (Wildman–Crippen LogP) is 3.42. The third-order valence-corrected chi connectivity index (χ3v) is 15.6. The van der Waals surface area contributed by atoms with E-state index in [4.69, 9.17) is 62.1 Å². The number of aromatic nitrogens is 6. The number of carbonyl (C=O) groups excluding carboxylic acids is 1. The summed E-state index contributed by atoms with van der Waals surface area (Å²) in [5, 5.41) is 8.75. The number of nitrogens with one attached hydrogen (secondary N) is 1. The molecular formula is C42H49F2N7O18P2S. The predicted molar refractivity (Wildman–Crippen MR) is 247 cm³/mol. The van der Waals surface area contributed by atoms with Gasteiger partial charge in [-0.25, -0.2) is 42.5 Å². The Morgan fingerprint density at radius 3 is 2.11 bits per heavy atom. The van der Waals surface area contributed by atoms with Crippen molar-refractivity contribution in [2.45, 2.75) is 61.4 Å². The molecule has 6 heterocycles. The van der Waals surface area contributed by atoms with Crippen molar-refractivity contribution in [1.29, 1.82) is 0 Å². The minimum absolute atomic E-state index is 0.0239. The summed E-state index contributed by atoms with van der Waals surface area (Å²) < 4.78 is 124. The molecule has 3 aromatic heterocycles. The van der Waals surface area contributed by atoms with Crippen LogP contribution in [0.5, 0.6) is 11.5 Å². The fourth-order valence-corrected chi connectivity index (χ4v) is 11.7. The number of anilines is 1. The van der Waals surface area contributed by atoms with E-state index >= 15 is 8.78 Å². The first-order valence-electron chi connectivity index (χ1n) is 22.2. The number of phosphoric ester groups is 1. The maximum atomic E-state index is 16.5. The molecule has 3 aliphatic rings. The number of hydrogen-bond donors (Lipinski definition) is 4. The summed E-state index contributed by atoms with van der Waals surface area (Å²) in [5.41, 5.74) is 4.91. The molecule has 3 aliphatic heterocycles. The van der Waals surface area contributed by atoms with E-state index in [0.717, 1.165) is 29.5 Å². The lowest BCUT2D eigenvalue weighted by atomic mass is 10.1. The van der Waals surface area contributed by atoms with E-state index in [0.29, 0.717) is 73.3 Å². The summed E-state index contributed by atoms with van der Waals surface area (Å²) in [4.78, 5) is 62.4. The minimum atomic E-state index is -5.26. The number of aromatic amines is 1. The average Bonchev–Trinajstić information content (AvgIpc) is 4.02. The van der Waals surface area contributed by atoms with Crippen LogP contribution in [0.4, 0.5) is 14.6 Å². The van der Waals surface area contributed by atoms with Crippen molar-refractivity contribution >= 4 is 49.0 Å². The Kier molecular flexibility index (Phi) is 18.0. The molecule has 5 N–H and O–H groups in total. The van der Waals surface area contributed by atoms with Crippen molar-refractivity contribution in [3.63, 3.8) is 0 Å². The van der Waals surface area contributed by atoms with Gasteiger partial charge in [0.05, 0.1) is 58.1 Å². The zero-order chi connectivity index (χ0) is 50.8.